The van der Waals surface area contributed by atoms with Crippen LogP contribution in [0.4, 0.5) is 0 Å². The maximum atomic E-state index is 12.7. The summed E-state index contributed by atoms with van der Waals surface area (Å²) in [5.41, 5.74) is 1.04. The number of carbonyl (C=O) groups excluding carboxylic acids is 1. The molecule has 1 aliphatic heterocycles. The van der Waals surface area contributed by atoms with Crippen molar-refractivity contribution < 1.29 is 4.79 Å². The van der Waals surface area contributed by atoms with Gasteiger partial charge in [0.15, 0.2) is 5.82 Å². The summed E-state index contributed by atoms with van der Waals surface area (Å²) in [6.45, 7) is 0.799. The van der Waals surface area contributed by atoms with Crippen LogP contribution in [0.25, 0.3) is 0 Å². The zero-order valence-corrected chi connectivity index (χ0v) is 14.2. The first kappa shape index (κ1) is 15.2. The van der Waals surface area contributed by atoms with E-state index in [0.717, 1.165) is 41.7 Å². The van der Waals surface area contributed by atoms with Crippen molar-refractivity contribution in [3.05, 3.63) is 46.5 Å². The molecule has 5 nitrogen and oxygen atoms in total. The number of nitrogens with zero attached hydrogens (tertiary/aromatic N) is 4. The third-order valence-corrected chi connectivity index (χ3v) is 4.66. The van der Waals surface area contributed by atoms with Crippen molar-refractivity contribution in [3.8, 4) is 0 Å². The van der Waals surface area contributed by atoms with Gasteiger partial charge in [0.25, 0.3) is 0 Å². The zero-order valence-electron chi connectivity index (χ0n) is 12.6. The average Bonchev–Trinajstić information content (AvgIpc) is 2.95. The van der Waals surface area contributed by atoms with Crippen LogP contribution in [0.3, 0.4) is 0 Å². The Morgan fingerprint density at radius 3 is 2.77 bits per heavy atom. The minimum absolute atomic E-state index is 0.0456. The van der Waals surface area contributed by atoms with E-state index >= 15 is 0 Å². The Morgan fingerprint density at radius 2 is 2.09 bits per heavy atom. The van der Waals surface area contributed by atoms with E-state index in [-0.39, 0.29) is 11.9 Å². The topological polar surface area (TPSA) is 51.0 Å². The van der Waals surface area contributed by atoms with Crippen molar-refractivity contribution in [2.24, 2.45) is 7.05 Å². The van der Waals surface area contributed by atoms with Crippen molar-refractivity contribution in [1.29, 1.82) is 0 Å². The van der Waals surface area contributed by atoms with Gasteiger partial charge in [0.1, 0.15) is 6.33 Å². The third kappa shape index (κ3) is 3.21. The standard InChI is InChI=1S/C16H19BrN4O/c1-20-11-18-19-16(20)14-4-2-3-9-21(14)15(22)10-12-5-7-13(17)8-6-12/h5-8,11,14H,2-4,9-10H2,1H3. The Balaban J connectivity index is 1.77. The number of aryl methyl sites for hydroxylation is 1. The summed E-state index contributed by atoms with van der Waals surface area (Å²) < 4.78 is 2.94. The van der Waals surface area contributed by atoms with Crippen LogP contribution in [0, 0.1) is 0 Å². The van der Waals surface area contributed by atoms with Gasteiger partial charge in [0.2, 0.25) is 5.91 Å². The quantitative estimate of drug-likeness (QED) is 0.843. The summed E-state index contributed by atoms with van der Waals surface area (Å²) in [6, 6.07) is 7.97. The van der Waals surface area contributed by atoms with Crippen molar-refractivity contribution in [2.75, 3.05) is 6.54 Å². The highest BCUT2D eigenvalue weighted by Crippen LogP contribution is 2.30. The van der Waals surface area contributed by atoms with Gasteiger partial charge in [-0.25, -0.2) is 0 Å². The Bertz CT molecular complexity index is 652. The molecule has 0 spiro atoms. The molecule has 1 aromatic carbocycles. The van der Waals surface area contributed by atoms with E-state index in [1.165, 1.54) is 0 Å². The lowest BCUT2D eigenvalue weighted by molar-refractivity contribution is -0.134. The summed E-state index contributed by atoms with van der Waals surface area (Å²) in [6.07, 6.45) is 5.27. The third-order valence-electron chi connectivity index (χ3n) is 4.14. The molecule has 0 N–H and O–H groups in total. The number of rotatable bonds is 3. The molecule has 2 heterocycles. The van der Waals surface area contributed by atoms with E-state index in [4.69, 9.17) is 0 Å². The van der Waals surface area contributed by atoms with Gasteiger partial charge in [-0.2, -0.15) is 0 Å². The Labute approximate surface area is 138 Å². The van der Waals surface area contributed by atoms with Crippen LogP contribution >= 0.6 is 15.9 Å². The molecule has 0 saturated carbocycles. The van der Waals surface area contributed by atoms with Crippen LogP contribution in [0.5, 0.6) is 0 Å². The largest absolute Gasteiger partial charge is 0.332 e. The second-order valence-corrected chi connectivity index (χ2v) is 6.62. The second-order valence-electron chi connectivity index (χ2n) is 5.70. The Kier molecular flexibility index (Phi) is 4.57. The first-order valence-corrected chi connectivity index (χ1v) is 8.32. The molecule has 1 saturated heterocycles. The molecule has 1 aliphatic rings. The molecule has 3 rings (SSSR count). The highest BCUT2D eigenvalue weighted by Gasteiger charge is 2.30. The predicted molar refractivity (Wildman–Crippen MR) is 87.2 cm³/mol. The van der Waals surface area contributed by atoms with Crippen molar-refractivity contribution in [2.45, 2.75) is 31.7 Å². The van der Waals surface area contributed by atoms with Crippen molar-refractivity contribution >= 4 is 21.8 Å². The fraction of sp³-hybridized carbons (Fsp3) is 0.438. The number of amides is 1. The van der Waals surface area contributed by atoms with Crippen LogP contribution in [0.2, 0.25) is 0 Å². The lowest BCUT2D eigenvalue weighted by atomic mass is 10.00. The molecule has 6 heteroatoms. The van der Waals surface area contributed by atoms with E-state index in [2.05, 4.69) is 26.1 Å². The molecule has 1 amide bonds. The first-order chi connectivity index (χ1) is 10.6. The summed E-state index contributed by atoms with van der Waals surface area (Å²) in [4.78, 5) is 14.7. The molecule has 1 unspecified atom stereocenters. The molecule has 1 atom stereocenters. The fourth-order valence-electron chi connectivity index (χ4n) is 2.97. The molecule has 0 aliphatic carbocycles. The van der Waals surface area contributed by atoms with Gasteiger partial charge in [-0.3, -0.25) is 4.79 Å². The molecule has 1 fully saturated rings. The SMILES string of the molecule is Cn1cnnc1C1CCCCN1C(=O)Cc1ccc(Br)cc1. The van der Waals surface area contributed by atoms with Gasteiger partial charge < -0.3 is 9.47 Å². The normalized spacial score (nSPS) is 18.5. The maximum absolute atomic E-state index is 12.7. The Hall–Kier alpha value is -1.69. The minimum Gasteiger partial charge on any atom is -0.332 e. The molecule has 0 radical (unpaired) electrons. The van der Waals surface area contributed by atoms with E-state index in [1.807, 2.05) is 40.8 Å². The second kappa shape index (κ2) is 6.60. The Morgan fingerprint density at radius 1 is 1.32 bits per heavy atom. The van der Waals surface area contributed by atoms with Crippen molar-refractivity contribution in [3.63, 3.8) is 0 Å². The summed E-state index contributed by atoms with van der Waals surface area (Å²) in [5.74, 6) is 1.04. The number of piperidine rings is 1. The first-order valence-electron chi connectivity index (χ1n) is 7.53. The van der Waals surface area contributed by atoms with E-state index in [0.29, 0.717) is 6.42 Å². The minimum atomic E-state index is 0.0456. The molecule has 2 aromatic rings. The lowest BCUT2D eigenvalue weighted by Gasteiger charge is -2.35. The average molecular weight is 363 g/mol. The number of hydrogen-bond acceptors (Lipinski definition) is 3. The fourth-order valence-corrected chi connectivity index (χ4v) is 3.24. The molecule has 1 aromatic heterocycles. The number of aromatic nitrogens is 3. The summed E-state index contributed by atoms with van der Waals surface area (Å²) in [5, 5.41) is 8.16. The van der Waals surface area contributed by atoms with Gasteiger partial charge >= 0.3 is 0 Å². The van der Waals surface area contributed by atoms with E-state index < -0.39 is 0 Å². The predicted octanol–water partition coefficient (Wildman–Crippen LogP) is 2.87. The van der Waals surface area contributed by atoms with Crippen LogP contribution in [-0.4, -0.2) is 32.1 Å². The molecule has 116 valence electrons. The van der Waals surface area contributed by atoms with Crippen molar-refractivity contribution in [1.82, 2.24) is 19.7 Å². The zero-order chi connectivity index (χ0) is 15.5. The van der Waals surface area contributed by atoms with Gasteiger partial charge in [-0.15, -0.1) is 10.2 Å². The molecule has 22 heavy (non-hydrogen) atoms. The summed E-state index contributed by atoms with van der Waals surface area (Å²) in [7, 11) is 1.93. The van der Waals surface area contributed by atoms with Gasteiger partial charge in [-0.05, 0) is 37.0 Å². The van der Waals surface area contributed by atoms with Crippen LogP contribution in [-0.2, 0) is 18.3 Å². The summed E-state index contributed by atoms with van der Waals surface area (Å²) >= 11 is 3.42. The van der Waals surface area contributed by atoms with E-state index in [1.54, 1.807) is 6.33 Å². The maximum Gasteiger partial charge on any atom is 0.227 e. The van der Waals surface area contributed by atoms with Crippen LogP contribution in [0.15, 0.2) is 35.1 Å². The highest BCUT2D eigenvalue weighted by atomic mass is 79.9. The van der Waals surface area contributed by atoms with Gasteiger partial charge in [-0.1, -0.05) is 28.1 Å². The molecular weight excluding hydrogens is 344 g/mol. The van der Waals surface area contributed by atoms with Gasteiger partial charge in [0, 0.05) is 18.1 Å². The van der Waals surface area contributed by atoms with Crippen LogP contribution in [0.1, 0.15) is 36.7 Å². The number of halogens is 1. The number of carbonyl (C=O) groups is 1. The van der Waals surface area contributed by atoms with E-state index in [9.17, 15) is 4.79 Å². The number of benzene rings is 1. The number of likely N-dealkylation sites (tertiary alicyclic amines) is 1. The highest BCUT2D eigenvalue weighted by molar-refractivity contribution is 9.10. The van der Waals surface area contributed by atoms with Crippen LogP contribution < -0.4 is 0 Å². The molecular formula is C16H19BrN4O. The number of hydrogen-bond donors (Lipinski definition) is 0. The molecule has 0 bridgehead atoms. The smallest absolute Gasteiger partial charge is 0.227 e. The lowest BCUT2D eigenvalue weighted by Crippen LogP contribution is -2.40. The van der Waals surface area contributed by atoms with Gasteiger partial charge in [0.05, 0.1) is 12.5 Å². The monoisotopic (exact) mass is 362 g/mol.